The Morgan fingerprint density at radius 2 is 2.05 bits per heavy atom. The van der Waals surface area contributed by atoms with Crippen LogP contribution < -0.4 is 0 Å². The maximum Gasteiger partial charge on any atom is 0.310 e. The second-order valence-corrected chi connectivity index (χ2v) is 5.05. The van der Waals surface area contributed by atoms with Crippen molar-refractivity contribution >= 4 is 5.97 Å². The van der Waals surface area contributed by atoms with Gasteiger partial charge in [-0.1, -0.05) is 20.3 Å². The number of ether oxygens (including phenoxy) is 2. The summed E-state index contributed by atoms with van der Waals surface area (Å²) in [5.74, 6) is -1.15. The predicted molar refractivity (Wildman–Crippen MR) is 73.3 cm³/mol. The molecule has 2 unspecified atom stereocenters. The van der Waals surface area contributed by atoms with Gasteiger partial charge in [0.2, 0.25) is 0 Å². The normalized spacial score (nSPS) is 23.1. The van der Waals surface area contributed by atoms with Gasteiger partial charge in [0.15, 0.2) is 0 Å². The van der Waals surface area contributed by atoms with E-state index in [0.717, 1.165) is 39.0 Å². The van der Waals surface area contributed by atoms with Gasteiger partial charge in [0.25, 0.3) is 0 Å². The van der Waals surface area contributed by atoms with Crippen LogP contribution in [0.15, 0.2) is 0 Å². The molecule has 0 spiro atoms. The van der Waals surface area contributed by atoms with E-state index in [-0.39, 0.29) is 6.04 Å². The quantitative estimate of drug-likeness (QED) is 0.613. The first kappa shape index (κ1) is 16.4. The van der Waals surface area contributed by atoms with E-state index in [1.165, 1.54) is 0 Å². The lowest BCUT2D eigenvalue weighted by molar-refractivity contribution is -0.143. The maximum absolute atomic E-state index is 11.2. The molecular weight excluding hydrogens is 246 g/mol. The zero-order valence-electron chi connectivity index (χ0n) is 12.1. The van der Waals surface area contributed by atoms with Crippen LogP contribution in [0.3, 0.4) is 0 Å². The minimum absolute atomic E-state index is 0.00720. The van der Waals surface area contributed by atoms with Crippen molar-refractivity contribution < 1.29 is 19.4 Å². The first-order valence-corrected chi connectivity index (χ1v) is 7.33. The van der Waals surface area contributed by atoms with E-state index in [0.29, 0.717) is 19.8 Å². The Bertz CT molecular complexity index is 260. The first-order valence-electron chi connectivity index (χ1n) is 7.33. The molecule has 0 radical (unpaired) electrons. The highest BCUT2D eigenvalue weighted by Gasteiger charge is 2.37. The van der Waals surface area contributed by atoms with Crippen molar-refractivity contribution in [2.24, 2.45) is 5.92 Å². The summed E-state index contributed by atoms with van der Waals surface area (Å²) < 4.78 is 10.9. The van der Waals surface area contributed by atoms with Gasteiger partial charge in [-0.25, -0.2) is 0 Å². The molecule has 0 aliphatic carbocycles. The molecule has 5 heteroatoms. The number of hydrogen-bond donors (Lipinski definition) is 1. The standard InChI is InChI=1S/C14H27NO4/c1-3-5-8-18-9-7-15(6-4-2)13-11-19-10-12(13)14(16)17/h12-13H,3-11H2,1-2H3,(H,16,17). The Hall–Kier alpha value is -0.650. The fraction of sp³-hybridized carbons (Fsp3) is 0.929. The van der Waals surface area contributed by atoms with Crippen LogP contribution in [-0.2, 0) is 14.3 Å². The van der Waals surface area contributed by atoms with E-state index in [4.69, 9.17) is 9.47 Å². The van der Waals surface area contributed by atoms with Gasteiger partial charge in [0, 0.05) is 19.2 Å². The van der Waals surface area contributed by atoms with Crippen LogP contribution in [0.2, 0.25) is 0 Å². The molecule has 1 saturated heterocycles. The van der Waals surface area contributed by atoms with E-state index in [1.54, 1.807) is 0 Å². The highest BCUT2D eigenvalue weighted by molar-refractivity contribution is 5.71. The lowest BCUT2D eigenvalue weighted by Crippen LogP contribution is -2.45. The largest absolute Gasteiger partial charge is 0.481 e. The number of unbranched alkanes of at least 4 members (excludes halogenated alkanes) is 1. The molecule has 19 heavy (non-hydrogen) atoms. The molecular formula is C14H27NO4. The monoisotopic (exact) mass is 273 g/mol. The molecule has 112 valence electrons. The molecule has 1 aliphatic heterocycles. The second kappa shape index (κ2) is 9.28. The second-order valence-electron chi connectivity index (χ2n) is 5.05. The number of aliphatic carboxylic acids is 1. The average molecular weight is 273 g/mol. The number of carboxylic acids is 1. The predicted octanol–water partition coefficient (Wildman–Crippen LogP) is 1.61. The summed E-state index contributed by atoms with van der Waals surface area (Å²) in [5.41, 5.74) is 0. The maximum atomic E-state index is 11.2. The van der Waals surface area contributed by atoms with Crippen molar-refractivity contribution in [3.63, 3.8) is 0 Å². The Kier molecular flexibility index (Phi) is 8.02. The van der Waals surface area contributed by atoms with E-state index in [2.05, 4.69) is 18.7 Å². The zero-order chi connectivity index (χ0) is 14.1. The third kappa shape index (κ3) is 5.47. The number of carbonyl (C=O) groups is 1. The van der Waals surface area contributed by atoms with Crippen molar-refractivity contribution in [2.75, 3.05) is 39.5 Å². The van der Waals surface area contributed by atoms with Crippen LogP contribution in [0.4, 0.5) is 0 Å². The highest BCUT2D eigenvalue weighted by atomic mass is 16.5. The summed E-state index contributed by atoms with van der Waals surface area (Å²) in [4.78, 5) is 13.4. The summed E-state index contributed by atoms with van der Waals surface area (Å²) >= 11 is 0. The molecule has 1 rings (SSSR count). The van der Waals surface area contributed by atoms with Gasteiger partial charge >= 0.3 is 5.97 Å². The summed E-state index contributed by atoms with van der Waals surface area (Å²) in [6, 6.07) is -0.00720. The van der Waals surface area contributed by atoms with Gasteiger partial charge in [-0.2, -0.15) is 0 Å². The molecule has 5 nitrogen and oxygen atoms in total. The van der Waals surface area contributed by atoms with Gasteiger partial charge in [0.1, 0.15) is 0 Å². The number of nitrogens with zero attached hydrogens (tertiary/aromatic N) is 1. The lowest BCUT2D eigenvalue weighted by Gasteiger charge is -2.29. The molecule has 0 aromatic carbocycles. The number of carboxylic acid groups (broad SMARTS) is 1. The van der Waals surface area contributed by atoms with Crippen molar-refractivity contribution in [1.29, 1.82) is 0 Å². The van der Waals surface area contributed by atoms with Gasteiger partial charge in [-0.05, 0) is 19.4 Å². The van der Waals surface area contributed by atoms with Crippen LogP contribution in [0.5, 0.6) is 0 Å². The number of hydrogen-bond acceptors (Lipinski definition) is 4. The van der Waals surface area contributed by atoms with Gasteiger partial charge in [-0.15, -0.1) is 0 Å². The first-order chi connectivity index (χ1) is 9.20. The molecule has 0 amide bonds. The summed E-state index contributed by atoms with van der Waals surface area (Å²) in [6.07, 6.45) is 3.23. The smallest absolute Gasteiger partial charge is 0.310 e. The summed E-state index contributed by atoms with van der Waals surface area (Å²) in [5, 5.41) is 9.20. The van der Waals surface area contributed by atoms with E-state index in [9.17, 15) is 9.90 Å². The van der Waals surface area contributed by atoms with Crippen molar-refractivity contribution in [3.05, 3.63) is 0 Å². The lowest BCUT2D eigenvalue weighted by atomic mass is 10.0. The third-order valence-electron chi connectivity index (χ3n) is 3.51. The average Bonchev–Trinajstić information content (AvgIpc) is 2.86. The SMILES string of the molecule is CCCCOCCN(CCC)C1COCC1C(=O)O. The fourth-order valence-electron chi connectivity index (χ4n) is 2.40. The molecule has 1 N–H and O–H groups in total. The van der Waals surface area contributed by atoms with Crippen molar-refractivity contribution in [3.8, 4) is 0 Å². The van der Waals surface area contributed by atoms with Crippen molar-refractivity contribution in [1.82, 2.24) is 4.90 Å². The summed E-state index contributed by atoms with van der Waals surface area (Å²) in [6.45, 7) is 8.24. The molecule has 0 aromatic rings. The minimum Gasteiger partial charge on any atom is -0.481 e. The molecule has 0 bridgehead atoms. The van der Waals surface area contributed by atoms with Crippen molar-refractivity contribution in [2.45, 2.75) is 39.2 Å². The Morgan fingerprint density at radius 3 is 2.68 bits per heavy atom. The molecule has 2 atom stereocenters. The third-order valence-corrected chi connectivity index (χ3v) is 3.51. The Balaban J connectivity index is 2.40. The Morgan fingerprint density at radius 1 is 1.26 bits per heavy atom. The number of rotatable bonds is 10. The molecule has 1 aliphatic rings. The highest BCUT2D eigenvalue weighted by Crippen LogP contribution is 2.20. The van der Waals surface area contributed by atoms with Gasteiger partial charge in [0.05, 0.1) is 25.7 Å². The molecule has 0 aromatic heterocycles. The summed E-state index contributed by atoms with van der Waals surface area (Å²) in [7, 11) is 0. The van der Waals surface area contributed by atoms with Crippen LogP contribution in [0.25, 0.3) is 0 Å². The minimum atomic E-state index is -0.754. The molecule has 0 saturated carbocycles. The zero-order valence-corrected chi connectivity index (χ0v) is 12.1. The van der Waals surface area contributed by atoms with E-state index >= 15 is 0 Å². The molecule has 1 heterocycles. The van der Waals surface area contributed by atoms with Crippen LogP contribution in [-0.4, -0.2) is 61.5 Å². The van der Waals surface area contributed by atoms with Crippen LogP contribution in [0, 0.1) is 5.92 Å². The van der Waals surface area contributed by atoms with Gasteiger partial charge < -0.3 is 14.6 Å². The van der Waals surface area contributed by atoms with Crippen LogP contribution in [0.1, 0.15) is 33.1 Å². The van der Waals surface area contributed by atoms with Gasteiger partial charge in [-0.3, -0.25) is 9.69 Å². The fourth-order valence-corrected chi connectivity index (χ4v) is 2.40. The van der Waals surface area contributed by atoms with E-state index < -0.39 is 11.9 Å². The topological polar surface area (TPSA) is 59.0 Å². The molecule has 1 fully saturated rings. The van der Waals surface area contributed by atoms with E-state index in [1.807, 2.05) is 0 Å². The Labute approximate surface area is 115 Å². The van der Waals surface area contributed by atoms with Crippen LogP contribution >= 0.6 is 0 Å².